The molecule has 8 heteroatoms. The summed E-state index contributed by atoms with van der Waals surface area (Å²) in [5.74, 6) is -0.937. The van der Waals surface area contributed by atoms with Crippen LogP contribution < -0.4 is 15.4 Å². The molecule has 0 aliphatic carbocycles. The number of aromatic carboxylic acids is 1. The molecule has 0 fully saturated rings. The fraction of sp³-hybridized carbons (Fsp3) is 0.167. The Morgan fingerprint density at radius 1 is 1.19 bits per heavy atom. The third kappa shape index (κ3) is 5.44. The van der Waals surface area contributed by atoms with Crippen LogP contribution in [-0.4, -0.2) is 28.2 Å². The molecular formula is C18H17ClN2O4S. The number of hydrogen-bond donors (Lipinski definition) is 3. The summed E-state index contributed by atoms with van der Waals surface area (Å²) >= 11 is 11.0. The van der Waals surface area contributed by atoms with Crippen LogP contribution in [0.3, 0.4) is 0 Å². The first-order chi connectivity index (χ1) is 12.3. The van der Waals surface area contributed by atoms with Gasteiger partial charge in [-0.25, -0.2) is 4.79 Å². The molecule has 0 saturated heterocycles. The van der Waals surface area contributed by atoms with Crippen LogP contribution in [0.15, 0.2) is 42.5 Å². The molecule has 0 heterocycles. The maximum Gasteiger partial charge on any atom is 0.337 e. The van der Waals surface area contributed by atoms with Crippen molar-refractivity contribution in [1.82, 2.24) is 5.32 Å². The fourth-order valence-electron chi connectivity index (χ4n) is 2.09. The van der Waals surface area contributed by atoms with Gasteiger partial charge >= 0.3 is 5.97 Å². The molecule has 0 radical (unpaired) electrons. The molecule has 1 amide bonds. The van der Waals surface area contributed by atoms with E-state index in [2.05, 4.69) is 10.6 Å². The van der Waals surface area contributed by atoms with Gasteiger partial charge in [-0.3, -0.25) is 10.1 Å². The van der Waals surface area contributed by atoms with Crippen molar-refractivity contribution in [2.75, 3.05) is 5.32 Å². The van der Waals surface area contributed by atoms with E-state index in [-0.39, 0.29) is 21.8 Å². The van der Waals surface area contributed by atoms with Crippen LogP contribution in [0.5, 0.6) is 5.75 Å². The quantitative estimate of drug-likeness (QED) is 0.668. The smallest absolute Gasteiger partial charge is 0.337 e. The lowest BCUT2D eigenvalue weighted by Gasteiger charge is -2.12. The molecule has 2 aromatic carbocycles. The molecule has 0 atom stereocenters. The topological polar surface area (TPSA) is 87.7 Å². The molecule has 0 spiro atoms. The van der Waals surface area contributed by atoms with Crippen LogP contribution in [0, 0.1) is 0 Å². The zero-order chi connectivity index (χ0) is 19.3. The number of carboxylic acids is 1. The largest absolute Gasteiger partial charge is 0.491 e. The Balaban J connectivity index is 2.02. The van der Waals surface area contributed by atoms with Crippen molar-refractivity contribution in [1.29, 1.82) is 0 Å². The van der Waals surface area contributed by atoms with Crippen molar-refractivity contribution in [3.63, 3.8) is 0 Å². The summed E-state index contributed by atoms with van der Waals surface area (Å²) in [5.41, 5.74) is 0.836. The highest BCUT2D eigenvalue weighted by atomic mass is 35.5. The number of hydrogen-bond acceptors (Lipinski definition) is 4. The van der Waals surface area contributed by atoms with Gasteiger partial charge in [-0.1, -0.05) is 17.7 Å². The van der Waals surface area contributed by atoms with Crippen LogP contribution in [0.2, 0.25) is 5.02 Å². The lowest BCUT2D eigenvalue weighted by molar-refractivity contribution is 0.0697. The highest BCUT2D eigenvalue weighted by molar-refractivity contribution is 7.80. The number of halogens is 1. The SMILES string of the molecule is CC(C)Oc1cccc(C(=O)NC(=S)Nc2ccc(C(=O)O)c(Cl)c2)c1. The van der Waals surface area contributed by atoms with E-state index in [1.54, 1.807) is 24.3 Å². The molecule has 0 aliphatic heterocycles. The molecule has 0 aliphatic rings. The standard InChI is InChI=1S/C18H17ClN2O4S/c1-10(2)25-13-5-3-4-11(8-13)16(22)21-18(26)20-12-6-7-14(17(23)24)15(19)9-12/h3-10H,1-2H3,(H,23,24)(H2,20,21,22,26). The van der Waals surface area contributed by atoms with Crippen LogP contribution in [0.4, 0.5) is 5.69 Å². The minimum Gasteiger partial charge on any atom is -0.491 e. The zero-order valence-electron chi connectivity index (χ0n) is 14.1. The van der Waals surface area contributed by atoms with E-state index in [0.29, 0.717) is 17.0 Å². The van der Waals surface area contributed by atoms with E-state index in [1.165, 1.54) is 18.2 Å². The third-order valence-electron chi connectivity index (χ3n) is 3.15. The Hall–Kier alpha value is -2.64. The number of carboxylic acid groups (broad SMARTS) is 1. The summed E-state index contributed by atoms with van der Waals surface area (Å²) in [5, 5.41) is 14.4. The number of carbonyl (C=O) groups excluding carboxylic acids is 1. The summed E-state index contributed by atoms with van der Waals surface area (Å²) in [6.45, 7) is 3.79. The Morgan fingerprint density at radius 2 is 1.92 bits per heavy atom. The minimum absolute atomic E-state index is 0.00502. The fourth-order valence-corrected chi connectivity index (χ4v) is 2.56. The summed E-state index contributed by atoms with van der Waals surface area (Å²) in [6, 6.07) is 11.0. The lowest BCUT2D eigenvalue weighted by Crippen LogP contribution is -2.34. The molecule has 6 nitrogen and oxygen atoms in total. The van der Waals surface area contributed by atoms with Gasteiger partial charge in [-0.15, -0.1) is 0 Å². The van der Waals surface area contributed by atoms with Gasteiger partial charge in [0.2, 0.25) is 0 Å². The van der Waals surface area contributed by atoms with Gasteiger partial charge in [0.25, 0.3) is 5.91 Å². The Kier molecular flexibility index (Phi) is 6.54. The minimum atomic E-state index is -1.12. The maximum absolute atomic E-state index is 12.3. The molecule has 0 aromatic heterocycles. The number of nitrogens with one attached hydrogen (secondary N) is 2. The molecule has 2 rings (SSSR count). The van der Waals surface area contributed by atoms with E-state index in [0.717, 1.165) is 0 Å². The zero-order valence-corrected chi connectivity index (χ0v) is 15.6. The number of rotatable bonds is 5. The summed E-state index contributed by atoms with van der Waals surface area (Å²) in [4.78, 5) is 23.2. The molecule has 3 N–H and O–H groups in total. The summed E-state index contributed by atoms with van der Waals surface area (Å²) < 4.78 is 5.56. The van der Waals surface area contributed by atoms with Crippen LogP contribution in [-0.2, 0) is 0 Å². The predicted octanol–water partition coefficient (Wildman–Crippen LogP) is 3.95. The van der Waals surface area contributed by atoms with Gasteiger partial charge in [-0.05, 0) is 62.5 Å². The predicted molar refractivity (Wildman–Crippen MR) is 104 cm³/mol. The third-order valence-corrected chi connectivity index (χ3v) is 3.67. The number of anilines is 1. The second-order valence-electron chi connectivity index (χ2n) is 5.60. The molecular weight excluding hydrogens is 376 g/mol. The number of thiocarbonyl (C=S) groups is 1. The normalized spacial score (nSPS) is 10.3. The second kappa shape index (κ2) is 8.64. The van der Waals surface area contributed by atoms with Crippen LogP contribution in [0.25, 0.3) is 0 Å². The van der Waals surface area contributed by atoms with Gasteiger partial charge in [0, 0.05) is 11.3 Å². The van der Waals surface area contributed by atoms with Crippen molar-refractivity contribution in [2.24, 2.45) is 0 Å². The van der Waals surface area contributed by atoms with Gasteiger partial charge in [0.05, 0.1) is 16.7 Å². The molecule has 0 unspecified atom stereocenters. The van der Waals surface area contributed by atoms with Gasteiger partial charge < -0.3 is 15.2 Å². The first kappa shape index (κ1) is 19.7. The summed E-state index contributed by atoms with van der Waals surface area (Å²) in [6.07, 6.45) is -0.00502. The number of ether oxygens (including phenoxy) is 1. The monoisotopic (exact) mass is 392 g/mol. The molecule has 0 bridgehead atoms. The number of benzene rings is 2. The van der Waals surface area contributed by atoms with E-state index >= 15 is 0 Å². The Bertz CT molecular complexity index is 855. The first-order valence-corrected chi connectivity index (χ1v) is 8.47. The number of carbonyl (C=O) groups is 2. The average Bonchev–Trinajstić information content (AvgIpc) is 2.54. The highest BCUT2D eigenvalue weighted by Crippen LogP contribution is 2.21. The van der Waals surface area contributed by atoms with Crippen molar-refractivity contribution in [3.8, 4) is 5.75 Å². The van der Waals surface area contributed by atoms with Gasteiger partial charge in [0.1, 0.15) is 5.75 Å². The van der Waals surface area contributed by atoms with Crippen LogP contribution >= 0.6 is 23.8 Å². The molecule has 26 heavy (non-hydrogen) atoms. The van der Waals surface area contributed by atoms with Gasteiger partial charge in [0.15, 0.2) is 5.11 Å². The average molecular weight is 393 g/mol. The first-order valence-electron chi connectivity index (χ1n) is 7.68. The Morgan fingerprint density at radius 3 is 2.54 bits per heavy atom. The second-order valence-corrected chi connectivity index (χ2v) is 6.42. The molecule has 0 saturated carbocycles. The van der Waals surface area contributed by atoms with E-state index in [9.17, 15) is 9.59 Å². The summed E-state index contributed by atoms with van der Waals surface area (Å²) in [7, 11) is 0. The van der Waals surface area contributed by atoms with Crippen molar-refractivity contribution >= 4 is 46.5 Å². The van der Waals surface area contributed by atoms with E-state index in [1.807, 2.05) is 13.8 Å². The van der Waals surface area contributed by atoms with E-state index in [4.69, 9.17) is 33.7 Å². The number of amides is 1. The highest BCUT2D eigenvalue weighted by Gasteiger charge is 2.12. The van der Waals surface area contributed by atoms with Crippen molar-refractivity contribution in [3.05, 3.63) is 58.6 Å². The lowest BCUT2D eigenvalue weighted by atomic mass is 10.2. The van der Waals surface area contributed by atoms with Gasteiger partial charge in [-0.2, -0.15) is 0 Å². The Labute approximate surface area is 161 Å². The maximum atomic E-state index is 12.3. The molecule has 2 aromatic rings. The van der Waals surface area contributed by atoms with Crippen LogP contribution in [0.1, 0.15) is 34.6 Å². The molecule has 136 valence electrons. The van der Waals surface area contributed by atoms with E-state index < -0.39 is 11.9 Å². The van der Waals surface area contributed by atoms with Crippen molar-refractivity contribution < 1.29 is 19.4 Å². The van der Waals surface area contributed by atoms with Crippen molar-refractivity contribution in [2.45, 2.75) is 20.0 Å².